The number of rotatable bonds is 9. The van der Waals surface area contributed by atoms with E-state index < -0.39 is 11.7 Å². The minimum atomic E-state index is -1.27. The molecular weight excluding hydrogens is 493 g/mol. The van der Waals surface area contributed by atoms with Crippen molar-refractivity contribution in [3.05, 3.63) is 106 Å². The van der Waals surface area contributed by atoms with Crippen molar-refractivity contribution in [1.82, 2.24) is 0 Å². The maximum absolute atomic E-state index is 14.1. The predicted octanol–water partition coefficient (Wildman–Crippen LogP) is 8.38. The monoisotopic (exact) mass is 535 g/mol. The first-order chi connectivity index (χ1) is 18.6. The second-order valence-electron chi connectivity index (χ2n) is 8.79. The van der Waals surface area contributed by atoms with E-state index in [9.17, 15) is 19.4 Å². The molecule has 0 aromatic heterocycles. The Bertz CT molecular complexity index is 1230. The second-order valence-corrected chi connectivity index (χ2v) is 8.79. The lowest BCUT2D eigenvalue weighted by atomic mass is 9.87. The summed E-state index contributed by atoms with van der Waals surface area (Å²) in [5.74, 6) is -2.05. The van der Waals surface area contributed by atoms with Gasteiger partial charge in [-0.05, 0) is 85.2 Å². The summed E-state index contributed by atoms with van der Waals surface area (Å²) < 4.78 is 18.8. The molecule has 1 fully saturated rings. The van der Waals surface area contributed by atoms with Crippen molar-refractivity contribution in [1.29, 1.82) is 0 Å². The van der Waals surface area contributed by atoms with Gasteiger partial charge in [0.25, 0.3) is 0 Å². The molecule has 2 aromatic carbocycles. The van der Waals surface area contributed by atoms with Gasteiger partial charge >= 0.3 is 5.97 Å². The number of aliphatic hydroxyl groups is 1. The van der Waals surface area contributed by atoms with Crippen molar-refractivity contribution in [3.8, 4) is 0 Å². The smallest absolute Gasteiger partial charge is 0.341 e. The number of benzene rings is 2. The summed E-state index contributed by atoms with van der Waals surface area (Å²) in [6.07, 6.45) is 4.60. The quantitative estimate of drug-likeness (QED) is 0.146. The average molecular weight is 536 g/mol. The van der Waals surface area contributed by atoms with E-state index in [4.69, 9.17) is 4.74 Å². The van der Waals surface area contributed by atoms with Crippen LogP contribution in [0.25, 0.3) is 11.1 Å². The molecule has 3 rings (SSSR count). The molecule has 6 heteroatoms. The summed E-state index contributed by atoms with van der Waals surface area (Å²) in [6.45, 7) is 18.2. The van der Waals surface area contributed by atoms with E-state index in [0.717, 1.165) is 36.3 Å². The molecule has 1 aliphatic rings. The van der Waals surface area contributed by atoms with Crippen LogP contribution in [-0.2, 0) is 9.53 Å². The minimum Gasteiger partial charge on any atom is -0.507 e. The van der Waals surface area contributed by atoms with Crippen LogP contribution in [0.15, 0.2) is 88.7 Å². The van der Waals surface area contributed by atoms with Gasteiger partial charge in [-0.3, -0.25) is 4.99 Å². The Morgan fingerprint density at radius 3 is 2.18 bits per heavy atom. The number of hydrogen-bond donors (Lipinski definition) is 2. The maximum atomic E-state index is 14.1. The summed E-state index contributed by atoms with van der Waals surface area (Å²) in [4.78, 5) is 15.6. The minimum absolute atomic E-state index is 0.291. The molecule has 1 heterocycles. The number of nitrogens with zero attached hydrogens (tertiary/aromatic N) is 1. The van der Waals surface area contributed by atoms with Gasteiger partial charge in [-0.25, -0.2) is 9.18 Å². The molecule has 39 heavy (non-hydrogen) atoms. The van der Waals surface area contributed by atoms with E-state index in [0.29, 0.717) is 28.8 Å². The van der Waals surface area contributed by atoms with Crippen LogP contribution in [0.5, 0.6) is 0 Å². The molecule has 5 nitrogen and oxygen atoms in total. The molecule has 2 N–H and O–H groups in total. The highest BCUT2D eigenvalue weighted by Crippen LogP contribution is 2.35. The predicted molar refractivity (Wildman–Crippen MR) is 161 cm³/mol. The first-order valence-electron chi connectivity index (χ1n) is 13.3. The van der Waals surface area contributed by atoms with Crippen LogP contribution in [0.4, 0.5) is 4.39 Å². The van der Waals surface area contributed by atoms with E-state index in [1.165, 1.54) is 30.8 Å². The van der Waals surface area contributed by atoms with Crippen LogP contribution < -0.4 is 0 Å². The molecule has 0 bridgehead atoms. The average Bonchev–Trinajstić information content (AvgIpc) is 2.86. The number of halogens is 1. The van der Waals surface area contributed by atoms with Gasteiger partial charge in [-0.1, -0.05) is 69.3 Å². The second kappa shape index (κ2) is 17.7. The molecule has 2 aromatic rings. The zero-order valence-electron chi connectivity index (χ0n) is 24.1. The Morgan fingerprint density at radius 2 is 1.67 bits per heavy atom. The molecular formula is C33H42FNO4. The normalized spacial score (nSPS) is 14.1. The van der Waals surface area contributed by atoms with Gasteiger partial charge in [0.05, 0.1) is 0 Å². The molecule has 0 atom stereocenters. The Labute approximate surface area is 232 Å². The standard InChI is InChI=1S/C28H30FNO3.C3H6O.C2H6/c1-6-13-30-17-25(28(32)33)26(31)15-19(3)20(4)27(23-11-8-12-24(29)16-23)21(5)22-10-7-9-18(2)14-22;1-2-4-3-1;1-2/h7-12,14-17,31H,5-6,13H2,1-4H3,(H,32,33);1-3H2;1-2H3/b19-15+,26-25-,27-20-,30-17?;;. The molecule has 0 unspecified atom stereocenters. The van der Waals surface area contributed by atoms with Gasteiger partial charge in [0.15, 0.2) is 0 Å². The number of carboxylic acids is 1. The lowest BCUT2D eigenvalue weighted by Gasteiger charge is -2.17. The Balaban J connectivity index is 0.00000113. The number of allylic oxidation sites excluding steroid dienone is 5. The molecule has 0 radical (unpaired) electrons. The van der Waals surface area contributed by atoms with E-state index >= 15 is 0 Å². The van der Waals surface area contributed by atoms with Crippen molar-refractivity contribution >= 4 is 23.3 Å². The lowest BCUT2D eigenvalue weighted by molar-refractivity contribution is -0.132. The molecule has 210 valence electrons. The van der Waals surface area contributed by atoms with E-state index in [2.05, 4.69) is 11.6 Å². The van der Waals surface area contributed by atoms with Crippen molar-refractivity contribution in [2.24, 2.45) is 4.99 Å². The third-order valence-corrected chi connectivity index (χ3v) is 5.76. The topological polar surface area (TPSA) is 79.1 Å². The van der Waals surface area contributed by atoms with Crippen molar-refractivity contribution < 1.29 is 24.1 Å². The molecule has 0 saturated carbocycles. The summed E-state index contributed by atoms with van der Waals surface area (Å²) in [5, 5.41) is 20.0. The van der Waals surface area contributed by atoms with Crippen LogP contribution in [0, 0.1) is 12.7 Å². The summed E-state index contributed by atoms with van der Waals surface area (Å²) in [5.41, 5.74) is 5.05. The Hall–Kier alpha value is -3.77. The molecule has 1 saturated heterocycles. The Morgan fingerprint density at radius 1 is 1.08 bits per heavy atom. The number of aryl methyl sites for hydroxylation is 1. The molecule has 0 amide bonds. The lowest BCUT2D eigenvalue weighted by Crippen LogP contribution is -2.09. The fourth-order valence-corrected chi connectivity index (χ4v) is 3.49. The number of carbonyl (C=O) groups is 1. The number of aliphatic carboxylic acids is 1. The maximum Gasteiger partial charge on any atom is 0.341 e. The zero-order chi connectivity index (χ0) is 29.4. The van der Waals surface area contributed by atoms with Crippen molar-refractivity contribution in [3.63, 3.8) is 0 Å². The molecule has 0 aliphatic carbocycles. The molecule has 1 aliphatic heterocycles. The fraction of sp³-hybridized carbons (Fsp3) is 0.333. The van der Waals surface area contributed by atoms with Crippen LogP contribution in [-0.4, -0.2) is 42.2 Å². The van der Waals surface area contributed by atoms with Crippen LogP contribution in [0.2, 0.25) is 0 Å². The van der Waals surface area contributed by atoms with Crippen molar-refractivity contribution in [2.75, 3.05) is 19.8 Å². The van der Waals surface area contributed by atoms with Crippen LogP contribution in [0.1, 0.15) is 64.2 Å². The molecule has 0 spiro atoms. The largest absolute Gasteiger partial charge is 0.507 e. The van der Waals surface area contributed by atoms with Crippen molar-refractivity contribution in [2.45, 2.75) is 54.4 Å². The highest BCUT2D eigenvalue weighted by Gasteiger charge is 2.16. The fourth-order valence-electron chi connectivity index (χ4n) is 3.49. The summed E-state index contributed by atoms with van der Waals surface area (Å²) in [6, 6.07) is 14.1. The van der Waals surface area contributed by atoms with Gasteiger partial charge in [0.1, 0.15) is 17.1 Å². The van der Waals surface area contributed by atoms with E-state index in [1.54, 1.807) is 19.1 Å². The van der Waals surface area contributed by atoms with Gasteiger partial charge < -0.3 is 14.9 Å². The summed E-state index contributed by atoms with van der Waals surface area (Å²) in [7, 11) is 0. The number of hydrogen-bond acceptors (Lipinski definition) is 4. The Kier molecular flexibility index (Phi) is 15.1. The number of aliphatic imine (C=N–C) groups is 1. The van der Waals surface area contributed by atoms with Gasteiger partial charge in [0, 0.05) is 26.0 Å². The SMILES string of the molecule is C1COC1.C=C(/C(=C(C)/C(C)=C/C(O)=C(\C=NCCC)C(=O)O)c1cccc(F)c1)c1cccc(C)c1.CC. The van der Waals surface area contributed by atoms with Gasteiger partial charge in [0.2, 0.25) is 0 Å². The number of aliphatic hydroxyl groups excluding tert-OH is 1. The number of ether oxygens (including phenoxy) is 1. The zero-order valence-corrected chi connectivity index (χ0v) is 24.1. The summed E-state index contributed by atoms with van der Waals surface area (Å²) >= 11 is 0. The van der Waals surface area contributed by atoms with Gasteiger partial charge in [-0.2, -0.15) is 0 Å². The third kappa shape index (κ3) is 10.9. The highest BCUT2D eigenvalue weighted by molar-refractivity contribution is 6.09. The van der Waals surface area contributed by atoms with Crippen LogP contribution >= 0.6 is 0 Å². The third-order valence-electron chi connectivity index (χ3n) is 5.76. The van der Waals surface area contributed by atoms with Crippen LogP contribution in [0.3, 0.4) is 0 Å². The first-order valence-corrected chi connectivity index (χ1v) is 13.3. The number of carboxylic acid groups (broad SMARTS) is 1. The van der Waals surface area contributed by atoms with E-state index in [-0.39, 0.29) is 11.4 Å². The first kappa shape index (κ1) is 33.3. The van der Waals surface area contributed by atoms with E-state index in [1.807, 2.05) is 58.9 Å². The highest BCUT2D eigenvalue weighted by atomic mass is 19.1. The van der Waals surface area contributed by atoms with Gasteiger partial charge in [-0.15, -0.1) is 0 Å².